The molecular formula is C13H21N3O4S. The van der Waals surface area contributed by atoms with E-state index in [0.717, 1.165) is 31.9 Å². The molecule has 1 aliphatic carbocycles. The van der Waals surface area contributed by atoms with Crippen molar-refractivity contribution in [3.05, 3.63) is 5.89 Å². The lowest BCUT2D eigenvalue weighted by atomic mass is 9.89. The van der Waals surface area contributed by atoms with Gasteiger partial charge in [0.2, 0.25) is 21.6 Å². The molecule has 0 aromatic carbocycles. The zero-order chi connectivity index (χ0) is 15.3. The summed E-state index contributed by atoms with van der Waals surface area (Å²) in [6, 6.07) is 0. The van der Waals surface area contributed by atoms with Crippen molar-refractivity contribution in [1.82, 2.24) is 15.5 Å². The average molecular weight is 315 g/mol. The van der Waals surface area contributed by atoms with Crippen molar-refractivity contribution >= 4 is 15.7 Å². The second kappa shape index (κ2) is 7.02. The van der Waals surface area contributed by atoms with Crippen LogP contribution in [0.25, 0.3) is 0 Å². The zero-order valence-corrected chi connectivity index (χ0v) is 13.0. The summed E-state index contributed by atoms with van der Waals surface area (Å²) < 4.78 is 27.4. The second-order valence-corrected chi connectivity index (χ2v) is 7.36. The van der Waals surface area contributed by atoms with Crippen molar-refractivity contribution in [2.45, 2.75) is 50.2 Å². The van der Waals surface area contributed by atoms with Gasteiger partial charge in [-0.3, -0.25) is 4.79 Å². The van der Waals surface area contributed by atoms with Crippen LogP contribution in [0.15, 0.2) is 9.64 Å². The van der Waals surface area contributed by atoms with Crippen LogP contribution < -0.4 is 5.32 Å². The third-order valence-corrected chi connectivity index (χ3v) is 4.41. The number of nitrogens with zero attached hydrogens (tertiary/aromatic N) is 2. The summed E-state index contributed by atoms with van der Waals surface area (Å²) >= 11 is 0. The van der Waals surface area contributed by atoms with Crippen LogP contribution >= 0.6 is 0 Å². The van der Waals surface area contributed by atoms with Crippen LogP contribution in [0.1, 0.15) is 44.4 Å². The first kappa shape index (κ1) is 15.9. The van der Waals surface area contributed by atoms with Crippen LogP contribution in [-0.4, -0.2) is 37.3 Å². The van der Waals surface area contributed by atoms with Crippen LogP contribution in [-0.2, 0) is 21.1 Å². The van der Waals surface area contributed by atoms with Gasteiger partial charge in [-0.05, 0) is 19.3 Å². The highest BCUT2D eigenvalue weighted by atomic mass is 32.2. The number of rotatable bonds is 6. The number of hydrogen-bond donors (Lipinski definition) is 1. The quantitative estimate of drug-likeness (QED) is 0.789. The van der Waals surface area contributed by atoms with Crippen LogP contribution in [0, 0.1) is 5.92 Å². The Kier molecular flexibility index (Phi) is 5.33. The van der Waals surface area contributed by atoms with Crippen molar-refractivity contribution in [2.75, 3.05) is 12.8 Å². The van der Waals surface area contributed by atoms with Crippen molar-refractivity contribution in [3.8, 4) is 0 Å². The lowest BCUT2D eigenvalue weighted by molar-refractivity contribution is -0.125. The molecule has 2 rings (SSSR count). The molecule has 0 radical (unpaired) electrons. The molecule has 1 saturated carbocycles. The van der Waals surface area contributed by atoms with Gasteiger partial charge >= 0.3 is 5.22 Å². The molecule has 8 heteroatoms. The Morgan fingerprint density at radius 3 is 2.62 bits per heavy atom. The monoisotopic (exact) mass is 315 g/mol. The Labute approximate surface area is 124 Å². The highest BCUT2D eigenvalue weighted by Gasteiger charge is 2.20. The third kappa shape index (κ3) is 4.80. The molecular weight excluding hydrogens is 294 g/mol. The van der Waals surface area contributed by atoms with E-state index in [9.17, 15) is 13.2 Å². The summed E-state index contributed by atoms with van der Waals surface area (Å²) in [6.07, 6.45) is 7.57. The minimum atomic E-state index is -3.45. The number of aromatic nitrogens is 2. The first-order chi connectivity index (χ1) is 9.97. The third-order valence-electron chi connectivity index (χ3n) is 3.61. The summed E-state index contributed by atoms with van der Waals surface area (Å²) in [5, 5.41) is 9.72. The number of aryl methyl sites for hydroxylation is 1. The van der Waals surface area contributed by atoms with Crippen molar-refractivity contribution in [3.63, 3.8) is 0 Å². The summed E-state index contributed by atoms with van der Waals surface area (Å²) in [4.78, 5) is 11.9. The molecule has 0 spiro atoms. The van der Waals surface area contributed by atoms with Gasteiger partial charge in [0.1, 0.15) is 0 Å². The lowest BCUT2D eigenvalue weighted by Gasteiger charge is -2.20. The van der Waals surface area contributed by atoms with Gasteiger partial charge in [-0.25, -0.2) is 8.42 Å². The summed E-state index contributed by atoms with van der Waals surface area (Å²) in [6.45, 7) is 0.534. The molecule has 0 aliphatic heterocycles. The van der Waals surface area contributed by atoms with Gasteiger partial charge in [0.05, 0.1) is 0 Å². The molecule has 1 heterocycles. The van der Waals surface area contributed by atoms with E-state index in [1.807, 2.05) is 0 Å². The van der Waals surface area contributed by atoms with Gasteiger partial charge in [-0.1, -0.05) is 24.4 Å². The van der Waals surface area contributed by atoms with E-state index in [1.54, 1.807) is 0 Å². The van der Waals surface area contributed by atoms with Crippen LogP contribution in [0.3, 0.4) is 0 Å². The van der Waals surface area contributed by atoms with E-state index >= 15 is 0 Å². The zero-order valence-electron chi connectivity index (χ0n) is 12.2. The van der Waals surface area contributed by atoms with Gasteiger partial charge in [0.15, 0.2) is 0 Å². The number of amides is 1. The molecule has 0 unspecified atom stereocenters. The standard InChI is InChI=1S/C13H21N3O4S/c1-21(18,19)13-16-15-11(20-13)8-5-9-14-12(17)10-6-3-2-4-7-10/h10H,2-9H2,1H3,(H,14,17). The Morgan fingerprint density at radius 1 is 1.29 bits per heavy atom. The van der Waals surface area contributed by atoms with Gasteiger partial charge in [0, 0.05) is 25.1 Å². The molecule has 1 aromatic heterocycles. The number of carbonyl (C=O) groups excluding carboxylic acids is 1. The normalized spacial score (nSPS) is 16.8. The van der Waals surface area contributed by atoms with E-state index in [0.29, 0.717) is 19.4 Å². The molecule has 1 amide bonds. The van der Waals surface area contributed by atoms with Gasteiger partial charge in [0.25, 0.3) is 0 Å². The average Bonchev–Trinajstić information content (AvgIpc) is 2.93. The second-order valence-electron chi connectivity index (χ2n) is 5.46. The molecule has 1 fully saturated rings. The van der Waals surface area contributed by atoms with Crippen molar-refractivity contribution < 1.29 is 17.6 Å². The molecule has 0 atom stereocenters. The maximum absolute atomic E-state index is 11.9. The molecule has 1 aromatic rings. The molecule has 118 valence electrons. The number of nitrogens with one attached hydrogen (secondary N) is 1. The maximum Gasteiger partial charge on any atom is 0.335 e. The Hall–Kier alpha value is -1.44. The van der Waals surface area contributed by atoms with Crippen molar-refractivity contribution in [2.24, 2.45) is 5.92 Å². The fourth-order valence-electron chi connectivity index (χ4n) is 2.45. The van der Waals surface area contributed by atoms with E-state index in [2.05, 4.69) is 15.5 Å². The number of hydrogen-bond acceptors (Lipinski definition) is 6. The molecule has 0 bridgehead atoms. The smallest absolute Gasteiger partial charge is 0.335 e. The van der Waals surface area contributed by atoms with Crippen LogP contribution in [0.2, 0.25) is 0 Å². The molecule has 0 saturated heterocycles. The first-order valence-corrected chi connectivity index (χ1v) is 9.16. The minimum Gasteiger partial charge on any atom is -0.413 e. The Balaban J connectivity index is 1.70. The van der Waals surface area contributed by atoms with Crippen LogP contribution in [0.4, 0.5) is 0 Å². The topological polar surface area (TPSA) is 102 Å². The summed E-state index contributed by atoms with van der Waals surface area (Å²) in [5.74, 6) is 0.554. The van der Waals surface area contributed by atoms with Gasteiger partial charge in [-0.2, -0.15) is 0 Å². The highest BCUT2D eigenvalue weighted by molar-refractivity contribution is 7.90. The minimum absolute atomic E-state index is 0.122. The van der Waals surface area contributed by atoms with E-state index in [4.69, 9.17) is 4.42 Å². The molecule has 21 heavy (non-hydrogen) atoms. The first-order valence-electron chi connectivity index (χ1n) is 7.27. The molecule has 1 aliphatic rings. The largest absolute Gasteiger partial charge is 0.413 e. The van der Waals surface area contributed by atoms with Gasteiger partial charge < -0.3 is 9.73 Å². The Morgan fingerprint density at radius 2 is 2.00 bits per heavy atom. The molecule has 7 nitrogen and oxygen atoms in total. The fourth-order valence-corrected chi connectivity index (χ4v) is 2.89. The number of carbonyl (C=O) groups is 1. The van der Waals surface area contributed by atoms with E-state index < -0.39 is 9.84 Å². The van der Waals surface area contributed by atoms with E-state index in [1.165, 1.54) is 6.42 Å². The van der Waals surface area contributed by atoms with E-state index in [-0.39, 0.29) is 22.9 Å². The lowest BCUT2D eigenvalue weighted by Crippen LogP contribution is -2.32. The highest BCUT2D eigenvalue weighted by Crippen LogP contribution is 2.23. The number of sulfone groups is 1. The maximum atomic E-state index is 11.9. The predicted octanol–water partition coefficient (Wildman–Crippen LogP) is 1.10. The fraction of sp³-hybridized carbons (Fsp3) is 0.769. The summed E-state index contributed by atoms with van der Waals surface area (Å²) in [7, 11) is -3.45. The van der Waals surface area contributed by atoms with Crippen LogP contribution in [0.5, 0.6) is 0 Å². The molecule has 1 N–H and O–H groups in total. The SMILES string of the molecule is CS(=O)(=O)c1nnc(CCCNC(=O)C2CCCCC2)o1. The summed E-state index contributed by atoms with van der Waals surface area (Å²) in [5.41, 5.74) is 0. The van der Waals surface area contributed by atoms with Crippen molar-refractivity contribution in [1.29, 1.82) is 0 Å². The predicted molar refractivity (Wildman–Crippen MR) is 75.3 cm³/mol. The Bertz CT molecular complexity index is 576. The van der Waals surface area contributed by atoms with Gasteiger partial charge in [-0.15, -0.1) is 5.10 Å².